The summed E-state index contributed by atoms with van der Waals surface area (Å²) in [6, 6.07) is 7.56. The molecule has 6 heteroatoms. The minimum absolute atomic E-state index is 0.351. The molecule has 0 heterocycles. The third kappa shape index (κ3) is 8.63. The lowest BCUT2D eigenvalue weighted by Crippen LogP contribution is -2.40. The summed E-state index contributed by atoms with van der Waals surface area (Å²) in [5, 5.41) is 0. The highest BCUT2D eigenvalue weighted by Gasteiger charge is 2.15. The third-order valence-electron chi connectivity index (χ3n) is 2.53. The summed E-state index contributed by atoms with van der Waals surface area (Å²) < 4.78 is 9.94. The first-order valence-electron chi connectivity index (χ1n) is 7.46. The van der Waals surface area contributed by atoms with Gasteiger partial charge in [-0.2, -0.15) is 0 Å². The number of rotatable bonds is 6. The van der Waals surface area contributed by atoms with E-state index in [-0.39, 0.29) is 5.97 Å². The van der Waals surface area contributed by atoms with Gasteiger partial charge in [0.05, 0.1) is 6.61 Å². The highest BCUT2D eigenvalue weighted by atomic mass is 16.6. The van der Waals surface area contributed by atoms with E-state index >= 15 is 0 Å². The predicted octanol–water partition coefficient (Wildman–Crippen LogP) is 2.79. The molecule has 0 aliphatic rings. The topological polar surface area (TPSA) is 76.7 Å². The molecule has 1 rings (SSSR count). The Balaban J connectivity index is 2.48. The molecule has 0 unspecified atom stereocenters. The van der Waals surface area contributed by atoms with E-state index in [0.717, 1.165) is 11.1 Å². The maximum atomic E-state index is 11.5. The Bertz CT molecular complexity index is 562. The van der Waals surface area contributed by atoms with Gasteiger partial charge in [-0.1, -0.05) is 24.3 Å². The summed E-state index contributed by atoms with van der Waals surface area (Å²) in [5.74, 6) is -0.373. The van der Waals surface area contributed by atoms with Crippen LogP contribution in [0.4, 0.5) is 4.79 Å². The molecule has 23 heavy (non-hydrogen) atoms. The molecule has 0 aliphatic carbocycles. The Morgan fingerprint density at radius 3 is 2.65 bits per heavy atom. The molecule has 1 amide bonds. The number of hydrazine groups is 1. The normalized spacial score (nSPS) is 11.3. The minimum Gasteiger partial charge on any atom is -0.463 e. The summed E-state index contributed by atoms with van der Waals surface area (Å²) in [4.78, 5) is 22.8. The molecule has 0 aliphatic heterocycles. The lowest BCUT2D eigenvalue weighted by Gasteiger charge is -2.19. The van der Waals surface area contributed by atoms with Gasteiger partial charge >= 0.3 is 12.1 Å². The third-order valence-corrected chi connectivity index (χ3v) is 2.53. The molecule has 126 valence electrons. The Kier molecular flexibility index (Phi) is 7.28. The van der Waals surface area contributed by atoms with Crippen LogP contribution >= 0.6 is 0 Å². The SMILES string of the molecule is CCOC(=O)C=Cc1cccc(CNNC(=O)OC(C)(C)C)c1. The summed E-state index contributed by atoms with van der Waals surface area (Å²) in [7, 11) is 0. The second-order valence-corrected chi connectivity index (χ2v) is 5.81. The first kappa shape index (κ1) is 18.7. The number of hydrogen-bond acceptors (Lipinski definition) is 5. The zero-order chi connectivity index (χ0) is 17.3. The van der Waals surface area contributed by atoms with Crippen LogP contribution in [0.3, 0.4) is 0 Å². The van der Waals surface area contributed by atoms with E-state index in [1.165, 1.54) is 6.08 Å². The number of amides is 1. The summed E-state index contributed by atoms with van der Waals surface area (Å²) in [6.45, 7) is 7.93. The number of esters is 1. The van der Waals surface area contributed by atoms with Crippen LogP contribution in [0.1, 0.15) is 38.8 Å². The molecule has 6 nitrogen and oxygen atoms in total. The van der Waals surface area contributed by atoms with E-state index < -0.39 is 11.7 Å². The smallest absolute Gasteiger partial charge is 0.422 e. The highest BCUT2D eigenvalue weighted by Crippen LogP contribution is 2.08. The molecule has 2 N–H and O–H groups in total. The fraction of sp³-hybridized carbons (Fsp3) is 0.412. The van der Waals surface area contributed by atoms with Crippen molar-refractivity contribution in [2.75, 3.05) is 6.61 Å². The van der Waals surface area contributed by atoms with Crippen molar-refractivity contribution in [2.24, 2.45) is 0 Å². The van der Waals surface area contributed by atoms with E-state index in [4.69, 9.17) is 9.47 Å². The average Bonchev–Trinajstić information content (AvgIpc) is 2.44. The van der Waals surface area contributed by atoms with E-state index in [9.17, 15) is 9.59 Å². The van der Waals surface area contributed by atoms with Crippen molar-refractivity contribution in [1.82, 2.24) is 10.9 Å². The zero-order valence-electron chi connectivity index (χ0n) is 14.0. The lowest BCUT2D eigenvalue weighted by molar-refractivity contribution is -0.137. The molecule has 0 bridgehead atoms. The van der Waals surface area contributed by atoms with Crippen molar-refractivity contribution < 1.29 is 19.1 Å². The maximum Gasteiger partial charge on any atom is 0.422 e. The van der Waals surface area contributed by atoms with Crippen LogP contribution < -0.4 is 10.9 Å². The minimum atomic E-state index is -0.538. The Labute approximate surface area is 136 Å². The largest absolute Gasteiger partial charge is 0.463 e. The van der Waals surface area contributed by atoms with Gasteiger partial charge in [0.2, 0.25) is 0 Å². The number of ether oxygens (including phenoxy) is 2. The van der Waals surface area contributed by atoms with Gasteiger partial charge in [0.1, 0.15) is 5.60 Å². The van der Waals surface area contributed by atoms with Gasteiger partial charge in [0, 0.05) is 12.6 Å². The monoisotopic (exact) mass is 320 g/mol. The molecule has 0 radical (unpaired) electrons. The molecule has 0 saturated carbocycles. The van der Waals surface area contributed by atoms with Crippen molar-refractivity contribution in [3.63, 3.8) is 0 Å². The van der Waals surface area contributed by atoms with E-state index in [1.807, 2.05) is 24.3 Å². The van der Waals surface area contributed by atoms with E-state index in [2.05, 4.69) is 10.9 Å². The van der Waals surface area contributed by atoms with Gasteiger partial charge in [0.15, 0.2) is 0 Å². The molecule has 0 atom stereocenters. The van der Waals surface area contributed by atoms with Crippen LogP contribution in [0, 0.1) is 0 Å². The number of carbonyl (C=O) groups is 2. The Morgan fingerprint density at radius 2 is 2.00 bits per heavy atom. The fourth-order valence-corrected chi connectivity index (χ4v) is 1.68. The summed E-state index contributed by atoms with van der Waals surface area (Å²) in [5.41, 5.74) is 6.55. The van der Waals surface area contributed by atoms with Crippen LogP contribution in [0.15, 0.2) is 30.3 Å². The first-order valence-corrected chi connectivity index (χ1v) is 7.46. The average molecular weight is 320 g/mol. The van der Waals surface area contributed by atoms with Crippen LogP contribution in [-0.2, 0) is 20.8 Å². The molecular formula is C17H24N2O4. The molecule has 0 saturated heterocycles. The Hall–Kier alpha value is -2.34. The lowest BCUT2D eigenvalue weighted by atomic mass is 10.1. The van der Waals surface area contributed by atoms with E-state index in [1.54, 1.807) is 33.8 Å². The molecule has 1 aromatic rings. The standard InChI is InChI=1S/C17H24N2O4/c1-5-22-15(20)10-9-13-7-6-8-14(11-13)12-18-19-16(21)23-17(2,3)4/h6-11,18H,5,12H2,1-4H3,(H,19,21). The van der Waals surface area contributed by atoms with Crippen LogP contribution in [0.5, 0.6) is 0 Å². The maximum absolute atomic E-state index is 11.5. The fourth-order valence-electron chi connectivity index (χ4n) is 1.68. The molecular weight excluding hydrogens is 296 g/mol. The highest BCUT2D eigenvalue weighted by molar-refractivity contribution is 5.87. The quantitative estimate of drug-likeness (QED) is 0.479. The van der Waals surface area contributed by atoms with Crippen molar-refractivity contribution in [3.8, 4) is 0 Å². The second-order valence-electron chi connectivity index (χ2n) is 5.81. The Morgan fingerprint density at radius 1 is 1.26 bits per heavy atom. The second kappa shape index (κ2) is 8.95. The van der Waals surface area contributed by atoms with Gasteiger partial charge in [-0.25, -0.2) is 15.0 Å². The van der Waals surface area contributed by atoms with Gasteiger partial charge in [-0.05, 0) is 44.9 Å². The van der Waals surface area contributed by atoms with Crippen molar-refractivity contribution in [1.29, 1.82) is 0 Å². The van der Waals surface area contributed by atoms with Gasteiger partial charge in [-0.3, -0.25) is 5.43 Å². The first-order chi connectivity index (χ1) is 10.8. The van der Waals surface area contributed by atoms with Crippen molar-refractivity contribution in [3.05, 3.63) is 41.5 Å². The molecule has 0 aromatic heterocycles. The van der Waals surface area contributed by atoms with Gasteiger partial charge < -0.3 is 9.47 Å². The number of hydrogen-bond donors (Lipinski definition) is 2. The van der Waals surface area contributed by atoms with Crippen molar-refractivity contribution in [2.45, 2.75) is 39.8 Å². The number of nitrogens with one attached hydrogen (secondary N) is 2. The summed E-state index contributed by atoms with van der Waals surface area (Å²) >= 11 is 0. The molecule has 0 spiro atoms. The van der Waals surface area contributed by atoms with Gasteiger partial charge in [0.25, 0.3) is 0 Å². The molecule has 1 aromatic carbocycles. The number of carbonyl (C=O) groups excluding carboxylic acids is 2. The zero-order valence-corrected chi connectivity index (χ0v) is 14.0. The van der Waals surface area contributed by atoms with Crippen LogP contribution in [0.2, 0.25) is 0 Å². The van der Waals surface area contributed by atoms with E-state index in [0.29, 0.717) is 13.2 Å². The summed E-state index contributed by atoms with van der Waals surface area (Å²) in [6.07, 6.45) is 2.54. The van der Waals surface area contributed by atoms with Crippen LogP contribution in [0.25, 0.3) is 6.08 Å². The predicted molar refractivity (Wildman–Crippen MR) is 88.3 cm³/mol. The number of benzene rings is 1. The van der Waals surface area contributed by atoms with Crippen molar-refractivity contribution >= 4 is 18.1 Å². The van der Waals surface area contributed by atoms with Gasteiger partial charge in [-0.15, -0.1) is 0 Å². The van der Waals surface area contributed by atoms with Crippen LogP contribution in [-0.4, -0.2) is 24.3 Å². The molecule has 0 fully saturated rings.